The molecular weight excluding hydrogens is 272 g/mol. The standard InChI is InChI=1S/C15H22N2O2S/c1-4-10(2)14-15(19)17(8-13(18)16-14)11(3)7-12-5-6-20-9-12/h5-6,9-11,14H,4,7-8H2,1-3H3,(H,16,18). The van der Waals surface area contributed by atoms with Gasteiger partial charge in [-0.1, -0.05) is 20.3 Å². The van der Waals surface area contributed by atoms with Crippen molar-refractivity contribution in [1.82, 2.24) is 10.2 Å². The highest BCUT2D eigenvalue weighted by Gasteiger charge is 2.37. The molecule has 0 spiro atoms. The largest absolute Gasteiger partial charge is 0.342 e. The minimum Gasteiger partial charge on any atom is -0.342 e. The summed E-state index contributed by atoms with van der Waals surface area (Å²) in [5.74, 6) is 0.177. The summed E-state index contributed by atoms with van der Waals surface area (Å²) in [5.41, 5.74) is 1.22. The molecule has 1 N–H and O–H groups in total. The molecule has 1 fully saturated rings. The Morgan fingerprint density at radius 3 is 2.80 bits per heavy atom. The van der Waals surface area contributed by atoms with Crippen LogP contribution in [-0.2, 0) is 16.0 Å². The van der Waals surface area contributed by atoms with Crippen LogP contribution < -0.4 is 5.32 Å². The predicted molar refractivity (Wildman–Crippen MR) is 80.6 cm³/mol. The molecule has 0 aromatic carbocycles. The number of thiophene rings is 1. The molecule has 1 saturated heterocycles. The van der Waals surface area contributed by atoms with Crippen LogP contribution in [0.15, 0.2) is 16.8 Å². The molecule has 3 unspecified atom stereocenters. The lowest BCUT2D eigenvalue weighted by Crippen LogP contribution is -2.62. The molecule has 1 aliphatic heterocycles. The average molecular weight is 294 g/mol. The van der Waals surface area contributed by atoms with Crippen LogP contribution in [0, 0.1) is 5.92 Å². The number of amides is 2. The molecule has 110 valence electrons. The number of carbonyl (C=O) groups excluding carboxylic acids is 2. The van der Waals surface area contributed by atoms with E-state index in [1.807, 2.05) is 26.2 Å². The van der Waals surface area contributed by atoms with Gasteiger partial charge in [0.25, 0.3) is 0 Å². The van der Waals surface area contributed by atoms with E-state index in [0.717, 1.165) is 12.8 Å². The Balaban J connectivity index is 2.09. The van der Waals surface area contributed by atoms with Gasteiger partial charge in [-0.05, 0) is 41.7 Å². The van der Waals surface area contributed by atoms with E-state index in [2.05, 4.69) is 16.8 Å². The van der Waals surface area contributed by atoms with Gasteiger partial charge < -0.3 is 10.2 Å². The average Bonchev–Trinajstić information content (AvgIpc) is 2.92. The maximum atomic E-state index is 12.6. The van der Waals surface area contributed by atoms with Crippen molar-refractivity contribution in [1.29, 1.82) is 0 Å². The van der Waals surface area contributed by atoms with Crippen LogP contribution >= 0.6 is 11.3 Å². The fraction of sp³-hybridized carbons (Fsp3) is 0.600. The van der Waals surface area contributed by atoms with Crippen LogP contribution in [0.25, 0.3) is 0 Å². The van der Waals surface area contributed by atoms with Crippen molar-refractivity contribution in [2.75, 3.05) is 6.54 Å². The third-order valence-electron chi connectivity index (χ3n) is 4.04. The van der Waals surface area contributed by atoms with Crippen LogP contribution in [-0.4, -0.2) is 35.3 Å². The zero-order valence-corrected chi connectivity index (χ0v) is 13.1. The van der Waals surface area contributed by atoms with Gasteiger partial charge in [-0.25, -0.2) is 0 Å². The van der Waals surface area contributed by atoms with Crippen LogP contribution in [0.4, 0.5) is 0 Å². The molecule has 3 atom stereocenters. The molecule has 1 aromatic rings. The van der Waals surface area contributed by atoms with Gasteiger partial charge in [-0.15, -0.1) is 0 Å². The summed E-state index contributed by atoms with van der Waals surface area (Å²) < 4.78 is 0. The molecule has 0 aliphatic carbocycles. The maximum absolute atomic E-state index is 12.6. The van der Waals surface area contributed by atoms with E-state index < -0.39 is 0 Å². The lowest BCUT2D eigenvalue weighted by molar-refractivity contribution is -0.147. The van der Waals surface area contributed by atoms with E-state index in [1.54, 1.807) is 16.2 Å². The highest BCUT2D eigenvalue weighted by molar-refractivity contribution is 7.07. The molecule has 1 aromatic heterocycles. The van der Waals surface area contributed by atoms with Crippen molar-refractivity contribution in [3.05, 3.63) is 22.4 Å². The summed E-state index contributed by atoms with van der Waals surface area (Å²) in [6.07, 6.45) is 1.68. The number of piperazine rings is 1. The van der Waals surface area contributed by atoms with Crippen LogP contribution in [0.1, 0.15) is 32.8 Å². The Bertz CT molecular complexity index is 472. The highest BCUT2D eigenvalue weighted by atomic mass is 32.1. The summed E-state index contributed by atoms with van der Waals surface area (Å²) >= 11 is 1.66. The van der Waals surface area contributed by atoms with Gasteiger partial charge >= 0.3 is 0 Å². The molecule has 0 bridgehead atoms. The fourth-order valence-corrected chi connectivity index (χ4v) is 3.23. The van der Waals surface area contributed by atoms with Gasteiger partial charge in [-0.2, -0.15) is 11.3 Å². The monoisotopic (exact) mass is 294 g/mol. The van der Waals surface area contributed by atoms with E-state index in [9.17, 15) is 9.59 Å². The van der Waals surface area contributed by atoms with Crippen molar-refractivity contribution in [2.45, 2.75) is 45.7 Å². The smallest absolute Gasteiger partial charge is 0.246 e. The second-order valence-corrected chi connectivity index (χ2v) is 6.36. The Hall–Kier alpha value is -1.36. The molecule has 20 heavy (non-hydrogen) atoms. The summed E-state index contributed by atoms with van der Waals surface area (Å²) in [5, 5.41) is 6.96. The second-order valence-electron chi connectivity index (χ2n) is 5.58. The zero-order chi connectivity index (χ0) is 14.7. The molecule has 1 aliphatic rings. The van der Waals surface area contributed by atoms with Crippen molar-refractivity contribution in [3.63, 3.8) is 0 Å². The van der Waals surface area contributed by atoms with Gasteiger partial charge in [0.1, 0.15) is 6.04 Å². The first-order valence-corrected chi connectivity index (χ1v) is 8.08. The number of rotatable bonds is 5. The van der Waals surface area contributed by atoms with Gasteiger partial charge in [0.15, 0.2) is 0 Å². The minimum absolute atomic E-state index is 0.0490. The van der Waals surface area contributed by atoms with Gasteiger partial charge in [0.05, 0.1) is 6.54 Å². The Labute approximate surface area is 124 Å². The van der Waals surface area contributed by atoms with E-state index >= 15 is 0 Å². The first-order chi connectivity index (χ1) is 9.52. The van der Waals surface area contributed by atoms with E-state index in [4.69, 9.17) is 0 Å². The van der Waals surface area contributed by atoms with Gasteiger partial charge in [0, 0.05) is 6.04 Å². The Kier molecular flexibility index (Phi) is 4.81. The Morgan fingerprint density at radius 2 is 2.20 bits per heavy atom. The van der Waals surface area contributed by atoms with Crippen LogP contribution in [0.2, 0.25) is 0 Å². The highest BCUT2D eigenvalue weighted by Crippen LogP contribution is 2.19. The summed E-state index contributed by atoms with van der Waals surface area (Å²) in [7, 11) is 0. The van der Waals surface area contributed by atoms with Crippen LogP contribution in [0.3, 0.4) is 0 Å². The molecule has 4 nitrogen and oxygen atoms in total. The second kappa shape index (κ2) is 6.39. The maximum Gasteiger partial charge on any atom is 0.246 e. The lowest BCUT2D eigenvalue weighted by atomic mass is 9.95. The molecule has 2 amide bonds. The van der Waals surface area contributed by atoms with Crippen molar-refractivity contribution in [3.8, 4) is 0 Å². The molecule has 2 rings (SSSR count). The number of hydrogen-bond donors (Lipinski definition) is 1. The van der Waals surface area contributed by atoms with Crippen molar-refractivity contribution < 1.29 is 9.59 Å². The SMILES string of the molecule is CCC(C)C1NC(=O)CN(C(C)Cc2ccsc2)C1=O. The first-order valence-electron chi connectivity index (χ1n) is 7.13. The third kappa shape index (κ3) is 3.20. The summed E-state index contributed by atoms with van der Waals surface area (Å²) in [6, 6.07) is 1.75. The summed E-state index contributed by atoms with van der Waals surface area (Å²) in [4.78, 5) is 26.1. The van der Waals surface area contributed by atoms with Crippen molar-refractivity contribution in [2.24, 2.45) is 5.92 Å². The number of hydrogen-bond acceptors (Lipinski definition) is 3. The number of nitrogens with one attached hydrogen (secondary N) is 1. The molecule has 2 heterocycles. The normalized spacial score (nSPS) is 22.6. The van der Waals surface area contributed by atoms with E-state index in [-0.39, 0.29) is 36.4 Å². The molecule has 0 radical (unpaired) electrons. The number of carbonyl (C=O) groups is 2. The topological polar surface area (TPSA) is 49.4 Å². The van der Waals surface area contributed by atoms with Crippen molar-refractivity contribution >= 4 is 23.2 Å². The lowest BCUT2D eigenvalue weighted by Gasteiger charge is -2.38. The summed E-state index contributed by atoms with van der Waals surface area (Å²) in [6.45, 7) is 6.24. The zero-order valence-electron chi connectivity index (χ0n) is 12.3. The van der Waals surface area contributed by atoms with Gasteiger partial charge in [0.2, 0.25) is 11.8 Å². The Morgan fingerprint density at radius 1 is 1.45 bits per heavy atom. The number of nitrogens with zero attached hydrogens (tertiary/aromatic N) is 1. The van der Waals surface area contributed by atoms with Gasteiger partial charge in [-0.3, -0.25) is 9.59 Å². The third-order valence-corrected chi connectivity index (χ3v) is 4.77. The fourth-order valence-electron chi connectivity index (χ4n) is 2.55. The van der Waals surface area contributed by atoms with Crippen LogP contribution in [0.5, 0.6) is 0 Å². The quantitative estimate of drug-likeness (QED) is 0.903. The minimum atomic E-state index is -0.369. The van der Waals surface area contributed by atoms with E-state index in [0.29, 0.717) is 0 Å². The van der Waals surface area contributed by atoms with E-state index in [1.165, 1.54) is 5.56 Å². The predicted octanol–water partition coefficient (Wildman–Crippen LogP) is 2.05. The molecule has 0 saturated carbocycles. The first kappa shape index (κ1) is 15.0. The molecule has 5 heteroatoms. The molecular formula is C15H22N2O2S.